The van der Waals surface area contributed by atoms with Gasteiger partial charge < -0.3 is 16.2 Å². The third-order valence-electron chi connectivity index (χ3n) is 2.63. The molecule has 15 heavy (non-hydrogen) atoms. The van der Waals surface area contributed by atoms with E-state index in [1.54, 1.807) is 0 Å². The number of nitrogens with one attached hydrogen (secondary N) is 4. The summed E-state index contributed by atoms with van der Waals surface area (Å²) in [5.41, 5.74) is 9.11. The normalized spacial score (nSPS) is 20.7. The molecule has 0 unspecified atom stereocenters. The van der Waals surface area contributed by atoms with Gasteiger partial charge in [-0.15, -0.1) is 0 Å². The zero-order chi connectivity index (χ0) is 10.7. The van der Waals surface area contributed by atoms with Crippen molar-refractivity contribution in [3.05, 3.63) is 35.3 Å². The van der Waals surface area contributed by atoms with Crippen molar-refractivity contribution in [3.63, 3.8) is 0 Å². The van der Waals surface area contributed by atoms with Crippen molar-refractivity contribution in [2.45, 2.75) is 12.8 Å². The first-order valence-electron chi connectivity index (χ1n) is 5.18. The van der Waals surface area contributed by atoms with Crippen molar-refractivity contribution in [2.75, 3.05) is 7.05 Å². The van der Waals surface area contributed by atoms with Crippen LogP contribution in [0.25, 0.3) is 0 Å². The summed E-state index contributed by atoms with van der Waals surface area (Å²) in [5.74, 6) is 0.568. The summed E-state index contributed by atoms with van der Waals surface area (Å²) in [6.07, 6.45) is 9.63. The lowest BCUT2D eigenvalue weighted by molar-refractivity contribution is 0.705. The third-order valence-corrected chi connectivity index (χ3v) is 2.63. The Bertz CT molecular complexity index is 348. The molecule has 0 aromatic carbocycles. The molecule has 2 aliphatic rings. The van der Waals surface area contributed by atoms with Crippen LogP contribution in [0.15, 0.2) is 35.3 Å². The summed E-state index contributed by atoms with van der Waals surface area (Å²) >= 11 is 0. The van der Waals surface area contributed by atoms with Gasteiger partial charge in [-0.1, -0.05) is 0 Å². The lowest BCUT2D eigenvalue weighted by atomic mass is 10.1. The van der Waals surface area contributed by atoms with Gasteiger partial charge in [0.25, 0.3) is 0 Å². The number of rotatable bonds is 4. The van der Waals surface area contributed by atoms with Gasteiger partial charge in [0.2, 0.25) is 0 Å². The monoisotopic (exact) mass is 204 g/mol. The van der Waals surface area contributed by atoms with Crippen molar-refractivity contribution in [1.29, 1.82) is 5.41 Å². The first-order chi connectivity index (χ1) is 7.36. The van der Waals surface area contributed by atoms with Gasteiger partial charge >= 0.3 is 0 Å². The minimum atomic E-state index is 0.568. The van der Waals surface area contributed by atoms with E-state index >= 15 is 0 Å². The van der Waals surface area contributed by atoms with Gasteiger partial charge in [-0.3, -0.25) is 5.43 Å². The zero-order valence-electron chi connectivity index (χ0n) is 8.80. The van der Waals surface area contributed by atoms with Gasteiger partial charge in [0.1, 0.15) is 0 Å². The fraction of sp³-hybridized carbons (Fsp3) is 0.364. The fourth-order valence-corrected chi connectivity index (χ4v) is 1.72. The van der Waals surface area contributed by atoms with Gasteiger partial charge in [-0.2, -0.15) is 0 Å². The highest BCUT2D eigenvalue weighted by atomic mass is 15.4. The second-order valence-corrected chi connectivity index (χ2v) is 3.71. The van der Waals surface area contributed by atoms with E-state index in [9.17, 15) is 0 Å². The molecule has 4 nitrogen and oxygen atoms in total. The fourth-order valence-electron chi connectivity index (χ4n) is 1.72. The molecular weight excluding hydrogens is 188 g/mol. The van der Waals surface area contributed by atoms with Crippen LogP contribution >= 0.6 is 0 Å². The molecule has 0 bridgehead atoms. The van der Waals surface area contributed by atoms with E-state index in [0.717, 1.165) is 17.0 Å². The summed E-state index contributed by atoms with van der Waals surface area (Å²) < 4.78 is 0. The number of hydrogen-bond acceptors (Lipinski definition) is 4. The van der Waals surface area contributed by atoms with E-state index in [4.69, 9.17) is 5.41 Å². The molecule has 0 amide bonds. The Morgan fingerprint density at radius 2 is 2.40 bits per heavy atom. The van der Waals surface area contributed by atoms with Crippen LogP contribution in [-0.4, -0.2) is 13.3 Å². The molecule has 0 saturated heterocycles. The molecule has 2 rings (SSSR count). The molecule has 4 heteroatoms. The highest BCUT2D eigenvalue weighted by molar-refractivity contribution is 5.79. The second-order valence-electron chi connectivity index (χ2n) is 3.71. The molecule has 80 valence electrons. The summed E-state index contributed by atoms with van der Waals surface area (Å²) in [6, 6.07) is 0. The molecule has 0 spiro atoms. The van der Waals surface area contributed by atoms with Gasteiger partial charge in [-0.05, 0) is 36.5 Å². The van der Waals surface area contributed by atoms with Crippen LogP contribution in [0.4, 0.5) is 0 Å². The molecular formula is C11H16N4. The van der Waals surface area contributed by atoms with Crippen molar-refractivity contribution >= 4 is 6.21 Å². The highest BCUT2D eigenvalue weighted by Crippen LogP contribution is 2.37. The predicted octanol–water partition coefficient (Wildman–Crippen LogP) is 1.02. The smallest absolute Gasteiger partial charge is 0.0775 e. The average Bonchev–Trinajstić information content (AvgIpc) is 3.11. The minimum Gasteiger partial charge on any atom is -0.386 e. The highest BCUT2D eigenvalue weighted by Gasteiger charge is 2.28. The van der Waals surface area contributed by atoms with E-state index < -0.39 is 0 Å². The Morgan fingerprint density at radius 1 is 1.60 bits per heavy atom. The van der Waals surface area contributed by atoms with Crippen LogP contribution in [0.1, 0.15) is 12.8 Å². The summed E-state index contributed by atoms with van der Waals surface area (Å²) in [5, 5.41) is 10.6. The molecule has 0 radical (unpaired) electrons. The van der Waals surface area contributed by atoms with Gasteiger partial charge in [0, 0.05) is 19.5 Å². The van der Waals surface area contributed by atoms with Crippen LogP contribution in [0.5, 0.6) is 0 Å². The molecule has 0 aromatic heterocycles. The van der Waals surface area contributed by atoms with Crippen LogP contribution in [0.2, 0.25) is 0 Å². The maximum atomic E-state index is 7.47. The minimum absolute atomic E-state index is 0.568. The number of hydrogen-bond donors (Lipinski definition) is 4. The zero-order valence-corrected chi connectivity index (χ0v) is 8.80. The molecule has 1 aliphatic carbocycles. The number of hydrazine groups is 1. The van der Waals surface area contributed by atoms with Crippen LogP contribution in [-0.2, 0) is 0 Å². The van der Waals surface area contributed by atoms with Gasteiger partial charge in [-0.25, -0.2) is 0 Å². The topological polar surface area (TPSA) is 59.9 Å². The summed E-state index contributed by atoms with van der Waals surface area (Å²) in [7, 11) is 1.89. The van der Waals surface area contributed by atoms with Crippen molar-refractivity contribution in [2.24, 2.45) is 5.92 Å². The second kappa shape index (κ2) is 4.21. The Hall–Kier alpha value is -1.71. The molecule has 1 saturated carbocycles. The lowest BCUT2D eigenvalue weighted by Crippen LogP contribution is -2.32. The van der Waals surface area contributed by atoms with E-state index in [1.807, 2.05) is 25.4 Å². The average molecular weight is 204 g/mol. The summed E-state index contributed by atoms with van der Waals surface area (Å²) in [4.78, 5) is 0. The van der Waals surface area contributed by atoms with Crippen LogP contribution in [0.3, 0.4) is 0 Å². The molecule has 4 N–H and O–H groups in total. The summed E-state index contributed by atoms with van der Waals surface area (Å²) in [6.45, 7) is 0. The molecule has 1 heterocycles. The Labute approximate surface area is 89.6 Å². The van der Waals surface area contributed by atoms with Crippen LogP contribution < -0.4 is 16.2 Å². The molecule has 0 aromatic rings. The van der Waals surface area contributed by atoms with Crippen LogP contribution in [0, 0.1) is 11.3 Å². The van der Waals surface area contributed by atoms with Gasteiger partial charge in [0.05, 0.1) is 11.4 Å². The number of allylic oxidation sites excluding steroid dienone is 3. The van der Waals surface area contributed by atoms with E-state index in [-0.39, 0.29) is 0 Å². The molecule has 0 atom stereocenters. The first-order valence-corrected chi connectivity index (χ1v) is 5.18. The van der Waals surface area contributed by atoms with E-state index in [0.29, 0.717) is 5.92 Å². The van der Waals surface area contributed by atoms with E-state index in [2.05, 4.69) is 16.2 Å². The Morgan fingerprint density at radius 3 is 2.87 bits per heavy atom. The maximum Gasteiger partial charge on any atom is 0.0775 e. The Kier molecular flexibility index (Phi) is 2.76. The molecule has 1 fully saturated rings. The maximum absolute atomic E-state index is 7.47. The number of likely N-dealkylation sites (N-methyl/N-ethyl adjacent to an activating group) is 1. The van der Waals surface area contributed by atoms with E-state index in [1.165, 1.54) is 19.1 Å². The lowest BCUT2D eigenvalue weighted by Gasteiger charge is -2.18. The van der Waals surface area contributed by atoms with Gasteiger partial charge in [0.15, 0.2) is 0 Å². The quantitative estimate of drug-likeness (QED) is 0.517. The van der Waals surface area contributed by atoms with Crippen molar-refractivity contribution < 1.29 is 0 Å². The third kappa shape index (κ3) is 2.03. The van der Waals surface area contributed by atoms with Crippen molar-refractivity contribution in [1.82, 2.24) is 16.2 Å². The first kappa shape index (κ1) is 9.83. The van der Waals surface area contributed by atoms with Crippen molar-refractivity contribution in [3.8, 4) is 0 Å². The largest absolute Gasteiger partial charge is 0.386 e. The molecule has 1 aliphatic heterocycles. The SMILES string of the molecule is CN/C(C1=CC=CNN1)=C(\C=N)C1CC1. The standard InChI is InChI=1S/C11H16N4/c1-13-11(9(7-12)8-4-5-8)10-3-2-6-14-15-10/h2-3,6-8,12-15H,4-5H2,1H3/b11-9+,12-7?. The predicted molar refractivity (Wildman–Crippen MR) is 61.1 cm³/mol. The Balaban J connectivity index is 2.31.